The third-order valence-electron chi connectivity index (χ3n) is 2.04. The fraction of sp³-hybridized carbons (Fsp3) is 0.364. The summed E-state index contributed by atoms with van der Waals surface area (Å²) in [5.41, 5.74) is 1.88. The Balaban J connectivity index is 2.89. The third kappa shape index (κ3) is 2.30. The van der Waals surface area contributed by atoms with Crippen molar-refractivity contribution in [2.45, 2.75) is 25.9 Å². The van der Waals surface area contributed by atoms with Crippen molar-refractivity contribution in [1.29, 1.82) is 5.26 Å². The van der Waals surface area contributed by atoms with E-state index in [-0.39, 0.29) is 0 Å². The van der Waals surface area contributed by atoms with Crippen LogP contribution in [-0.4, -0.2) is 5.11 Å². The molecular formula is C11H13NO. The molecule has 0 aliphatic rings. The van der Waals surface area contributed by atoms with Gasteiger partial charge >= 0.3 is 0 Å². The van der Waals surface area contributed by atoms with Crippen LogP contribution in [0.4, 0.5) is 0 Å². The Morgan fingerprint density at radius 2 is 1.62 bits per heavy atom. The first-order valence-electron chi connectivity index (χ1n) is 4.32. The van der Waals surface area contributed by atoms with E-state index in [1.54, 1.807) is 18.2 Å². The normalized spacial score (nSPS) is 12.5. The maximum atomic E-state index is 9.20. The van der Waals surface area contributed by atoms with Crippen molar-refractivity contribution in [3.8, 4) is 6.07 Å². The highest BCUT2D eigenvalue weighted by Crippen LogP contribution is 2.17. The van der Waals surface area contributed by atoms with E-state index in [4.69, 9.17) is 5.26 Å². The van der Waals surface area contributed by atoms with Crippen LogP contribution in [0.25, 0.3) is 0 Å². The van der Waals surface area contributed by atoms with E-state index in [1.807, 2.05) is 12.1 Å². The van der Waals surface area contributed by atoms with Gasteiger partial charge in [0.2, 0.25) is 0 Å². The van der Waals surface area contributed by atoms with Crippen LogP contribution in [-0.2, 0) is 0 Å². The zero-order valence-electron chi connectivity index (χ0n) is 7.86. The van der Waals surface area contributed by atoms with Gasteiger partial charge in [0.15, 0.2) is 6.10 Å². The van der Waals surface area contributed by atoms with Crippen molar-refractivity contribution in [2.24, 2.45) is 0 Å². The highest BCUT2D eigenvalue weighted by molar-refractivity contribution is 5.28. The summed E-state index contributed by atoms with van der Waals surface area (Å²) in [6.45, 7) is 4.21. The second-order valence-corrected chi connectivity index (χ2v) is 3.35. The quantitative estimate of drug-likeness (QED) is 0.701. The fourth-order valence-corrected chi connectivity index (χ4v) is 1.14. The molecule has 0 aliphatic heterocycles. The Morgan fingerprint density at radius 3 is 2.00 bits per heavy atom. The summed E-state index contributed by atoms with van der Waals surface area (Å²) in [4.78, 5) is 0. The van der Waals surface area contributed by atoms with E-state index < -0.39 is 6.10 Å². The first kappa shape index (κ1) is 9.76. The largest absolute Gasteiger partial charge is 0.374 e. The first-order chi connectivity index (χ1) is 6.15. The van der Waals surface area contributed by atoms with Gasteiger partial charge in [-0.25, -0.2) is 0 Å². The zero-order chi connectivity index (χ0) is 9.84. The summed E-state index contributed by atoms with van der Waals surface area (Å²) in [5.74, 6) is 0.480. The molecule has 1 aromatic rings. The molecule has 2 heteroatoms. The molecule has 0 amide bonds. The molecule has 0 heterocycles. The number of nitriles is 1. The summed E-state index contributed by atoms with van der Waals surface area (Å²) in [6, 6.07) is 9.27. The number of aliphatic hydroxyl groups is 1. The summed E-state index contributed by atoms with van der Waals surface area (Å²) < 4.78 is 0. The third-order valence-corrected chi connectivity index (χ3v) is 2.04. The van der Waals surface area contributed by atoms with Crippen LogP contribution in [0.5, 0.6) is 0 Å². The molecule has 1 rings (SSSR count). The molecule has 0 unspecified atom stereocenters. The number of benzene rings is 1. The summed E-state index contributed by atoms with van der Waals surface area (Å²) in [5, 5.41) is 17.7. The monoisotopic (exact) mass is 175 g/mol. The van der Waals surface area contributed by atoms with Crippen LogP contribution >= 0.6 is 0 Å². The molecule has 0 aromatic heterocycles. The molecule has 0 saturated carbocycles. The molecule has 0 radical (unpaired) electrons. The molecule has 0 saturated heterocycles. The molecule has 1 atom stereocenters. The van der Waals surface area contributed by atoms with Gasteiger partial charge in [0.05, 0.1) is 6.07 Å². The van der Waals surface area contributed by atoms with Crippen LogP contribution in [0.2, 0.25) is 0 Å². The molecule has 68 valence electrons. The van der Waals surface area contributed by atoms with Crippen LogP contribution in [0, 0.1) is 11.3 Å². The molecule has 2 nitrogen and oxygen atoms in total. The number of hydrogen-bond acceptors (Lipinski definition) is 2. The van der Waals surface area contributed by atoms with Gasteiger partial charge in [0, 0.05) is 0 Å². The minimum absolute atomic E-state index is 0.480. The Kier molecular flexibility index (Phi) is 3.05. The highest BCUT2D eigenvalue weighted by atomic mass is 16.3. The second kappa shape index (κ2) is 4.06. The van der Waals surface area contributed by atoms with Crippen molar-refractivity contribution in [2.75, 3.05) is 0 Å². The van der Waals surface area contributed by atoms with E-state index in [1.165, 1.54) is 5.56 Å². The van der Waals surface area contributed by atoms with Gasteiger partial charge in [-0.2, -0.15) is 5.26 Å². The maximum absolute atomic E-state index is 9.20. The predicted octanol–water partition coefficient (Wildman–Crippen LogP) is 2.37. The Morgan fingerprint density at radius 1 is 1.15 bits per heavy atom. The first-order valence-corrected chi connectivity index (χ1v) is 4.32. The van der Waals surface area contributed by atoms with Crippen LogP contribution < -0.4 is 0 Å². The molecule has 13 heavy (non-hydrogen) atoms. The van der Waals surface area contributed by atoms with Crippen LogP contribution in [0.1, 0.15) is 37.0 Å². The number of rotatable bonds is 2. The second-order valence-electron chi connectivity index (χ2n) is 3.35. The summed E-state index contributed by atoms with van der Waals surface area (Å²) in [6.07, 6.45) is -0.999. The van der Waals surface area contributed by atoms with Crippen molar-refractivity contribution >= 4 is 0 Å². The summed E-state index contributed by atoms with van der Waals surface area (Å²) in [7, 11) is 0. The van der Waals surface area contributed by atoms with E-state index in [9.17, 15) is 5.11 Å². The number of aliphatic hydroxyl groups excluding tert-OH is 1. The zero-order valence-corrected chi connectivity index (χ0v) is 7.86. The van der Waals surface area contributed by atoms with E-state index in [0.29, 0.717) is 11.5 Å². The molecule has 0 bridgehead atoms. The Bertz CT molecular complexity index is 308. The van der Waals surface area contributed by atoms with Gasteiger partial charge in [0.1, 0.15) is 0 Å². The lowest BCUT2D eigenvalue weighted by Gasteiger charge is -2.06. The van der Waals surface area contributed by atoms with Gasteiger partial charge in [-0.15, -0.1) is 0 Å². The smallest absolute Gasteiger partial charge is 0.165 e. The number of hydrogen-bond donors (Lipinski definition) is 1. The standard InChI is InChI=1S/C11H13NO/c1-8(2)9-3-5-10(6-4-9)11(13)7-12/h3-6,8,11,13H,1-2H3/t11-/m1/s1. The minimum atomic E-state index is -0.999. The Labute approximate surface area is 78.4 Å². The average Bonchev–Trinajstić information content (AvgIpc) is 2.17. The van der Waals surface area contributed by atoms with Crippen molar-refractivity contribution in [1.82, 2.24) is 0 Å². The van der Waals surface area contributed by atoms with Gasteiger partial charge < -0.3 is 5.11 Å². The topological polar surface area (TPSA) is 44.0 Å². The number of nitrogens with zero attached hydrogens (tertiary/aromatic N) is 1. The SMILES string of the molecule is CC(C)c1ccc([C@H](O)C#N)cc1. The van der Waals surface area contributed by atoms with E-state index >= 15 is 0 Å². The van der Waals surface area contributed by atoms with Gasteiger partial charge in [-0.1, -0.05) is 38.1 Å². The maximum Gasteiger partial charge on any atom is 0.165 e. The predicted molar refractivity (Wildman–Crippen MR) is 51.1 cm³/mol. The van der Waals surface area contributed by atoms with Crippen molar-refractivity contribution in [3.05, 3.63) is 35.4 Å². The van der Waals surface area contributed by atoms with Gasteiger partial charge in [0.25, 0.3) is 0 Å². The lowest BCUT2D eigenvalue weighted by Crippen LogP contribution is -1.94. The van der Waals surface area contributed by atoms with E-state index in [2.05, 4.69) is 13.8 Å². The molecular weight excluding hydrogens is 162 g/mol. The highest BCUT2D eigenvalue weighted by Gasteiger charge is 2.05. The molecule has 1 N–H and O–H groups in total. The minimum Gasteiger partial charge on any atom is -0.374 e. The molecule has 1 aromatic carbocycles. The summed E-state index contributed by atoms with van der Waals surface area (Å²) >= 11 is 0. The lowest BCUT2D eigenvalue weighted by molar-refractivity contribution is 0.236. The van der Waals surface area contributed by atoms with Gasteiger partial charge in [-0.3, -0.25) is 0 Å². The molecule has 0 aliphatic carbocycles. The van der Waals surface area contributed by atoms with Crippen LogP contribution in [0.3, 0.4) is 0 Å². The fourth-order valence-electron chi connectivity index (χ4n) is 1.14. The lowest BCUT2D eigenvalue weighted by atomic mass is 10.0. The molecule has 0 spiro atoms. The van der Waals surface area contributed by atoms with Crippen molar-refractivity contribution in [3.63, 3.8) is 0 Å². The average molecular weight is 175 g/mol. The van der Waals surface area contributed by atoms with Crippen LogP contribution in [0.15, 0.2) is 24.3 Å². The molecule has 0 fully saturated rings. The van der Waals surface area contributed by atoms with E-state index in [0.717, 1.165) is 0 Å². The van der Waals surface area contributed by atoms with Gasteiger partial charge in [-0.05, 0) is 17.0 Å². The Hall–Kier alpha value is -1.33. The van der Waals surface area contributed by atoms with Crippen molar-refractivity contribution < 1.29 is 5.11 Å².